The van der Waals surface area contributed by atoms with Crippen LogP contribution in [0.3, 0.4) is 0 Å². The first kappa shape index (κ1) is 15.2. The van der Waals surface area contributed by atoms with Gasteiger partial charge in [0, 0.05) is 13.6 Å². The molecule has 0 saturated carbocycles. The predicted molar refractivity (Wildman–Crippen MR) is 60.8 cm³/mol. The van der Waals surface area contributed by atoms with E-state index in [9.17, 15) is 18.0 Å². The SMILES string of the molecule is CNc1cnc(C(=O)NCCOCC(F)(F)F)cn1. The second kappa shape index (κ2) is 6.88. The van der Waals surface area contributed by atoms with Gasteiger partial charge in [0.05, 0.1) is 19.0 Å². The van der Waals surface area contributed by atoms with Gasteiger partial charge in [-0.3, -0.25) is 4.79 Å². The average molecular weight is 278 g/mol. The van der Waals surface area contributed by atoms with E-state index in [2.05, 4.69) is 25.3 Å². The lowest BCUT2D eigenvalue weighted by molar-refractivity contribution is -0.173. The summed E-state index contributed by atoms with van der Waals surface area (Å²) in [6, 6.07) is 0. The van der Waals surface area contributed by atoms with Crippen molar-refractivity contribution in [3.05, 3.63) is 18.1 Å². The Bertz CT molecular complexity index is 408. The summed E-state index contributed by atoms with van der Waals surface area (Å²) in [7, 11) is 1.65. The molecule has 0 bridgehead atoms. The Hall–Kier alpha value is -1.90. The Kier molecular flexibility index (Phi) is 5.49. The lowest BCUT2D eigenvalue weighted by atomic mass is 10.4. The number of alkyl halides is 3. The highest BCUT2D eigenvalue weighted by atomic mass is 19.4. The molecule has 1 rings (SSSR count). The molecule has 0 radical (unpaired) electrons. The van der Waals surface area contributed by atoms with Gasteiger partial charge < -0.3 is 15.4 Å². The number of nitrogens with zero attached hydrogens (tertiary/aromatic N) is 2. The van der Waals surface area contributed by atoms with Gasteiger partial charge >= 0.3 is 6.18 Å². The Morgan fingerprint density at radius 3 is 2.63 bits per heavy atom. The van der Waals surface area contributed by atoms with Crippen LogP contribution in [0, 0.1) is 0 Å². The van der Waals surface area contributed by atoms with Gasteiger partial charge in [-0.25, -0.2) is 9.97 Å². The van der Waals surface area contributed by atoms with E-state index in [0.29, 0.717) is 5.82 Å². The highest BCUT2D eigenvalue weighted by Crippen LogP contribution is 2.13. The molecule has 2 N–H and O–H groups in total. The van der Waals surface area contributed by atoms with Gasteiger partial charge in [-0.1, -0.05) is 0 Å². The number of hydrogen-bond donors (Lipinski definition) is 2. The number of hydrogen-bond acceptors (Lipinski definition) is 5. The zero-order valence-corrected chi connectivity index (χ0v) is 10.1. The minimum atomic E-state index is -4.36. The van der Waals surface area contributed by atoms with Crippen LogP contribution >= 0.6 is 0 Å². The average Bonchev–Trinajstić information content (AvgIpc) is 2.37. The summed E-state index contributed by atoms with van der Waals surface area (Å²) in [4.78, 5) is 19.2. The molecule has 0 aliphatic carbocycles. The zero-order valence-electron chi connectivity index (χ0n) is 10.1. The molecular formula is C10H13F3N4O2. The molecule has 0 aliphatic rings. The Morgan fingerprint density at radius 1 is 1.37 bits per heavy atom. The topological polar surface area (TPSA) is 76.1 Å². The number of rotatable bonds is 6. The van der Waals surface area contributed by atoms with Crippen LogP contribution in [0.4, 0.5) is 19.0 Å². The fraction of sp³-hybridized carbons (Fsp3) is 0.500. The van der Waals surface area contributed by atoms with E-state index >= 15 is 0 Å². The summed E-state index contributed by atoms with van der Waals surface area (Å²) in [5.74, 6) is -0.0178. The van der Waals surface area contributed by atoms with Gasteiger partial charge in [-0.05, 0) is 0 Å². The smallest absolute Gasteiger partial charge is 0.372 e. The zero-order chi connectivity index (χ0) is 14.3. The van der Waals surface area contributed by atoms with Crippen molar-refractivity contribution < 1.29 is 22.7 Å². The first-order chi connectivity index (χ1) is 8.92. The second-order valence-corrected chi connectivity index (χ2v) is 3.46. The fourth-order valence-electron chi connectivity index (χ4n) is 1.09. The molecular weight excluding hydrogens is 265 g/mol. The molecule has 0 saturated heterocycles. The maximum absolute atomic E-state index is 11.7. The Balaban J connectivity index is 2.27. The Morgan fingerprint density at radius 2 is 2.11 bits per heavy atom. The van der Waals surface area contributed by atoms with Gasteiger partial charge in [0.1, 0.15) is 18.1 Å². The van der Waals surface area contributed by atoms with Gasteiger partial charge in [0.2, 0.25) is 0 Å². The monoisotopic (exact) mass is 278 g/mol. The largest absolute Gasteiger partial charge is 0.411 e. The van der Waals surface area contributed by atoms with Crippen molar-refractivity contribution in [2.24, 2.45) is 0 Å². The number of aromatic nitrogens is 2. The molecule has 1 aromatic heterocycles. The summed E-state index contributed by atoms with van der Waals surface area (Å²) in [6.07, 6.45) is -1.73. The summed E-state index contributed by atoms with van der Waals surface area (Å²) >= 11 is 0. The number of nitrogens with one attached hydrogen (secondary N) is 2. The van der Waals surface area contributed by atoms with E-state index in [-0.39, 0.29) is 18.8 Å². The van der Waals surface area contributed by atoms with Gasteiger partial charge in [-0.15, -0.1) is 0 Å². The van der Waals surface area contributed by atoms with Gasteiger partial charge in [-0.2, -0.15) is 13.2 Å². The highest BCUT2D eigenvalue weighted by Gasteiger charge is 2.27. The minimum absolute atomic E-state index is 0.0373. The first-order valence-corrected chi connectivity index (χ1v) is 5.35. The number of amides is 1. The second-order valence-electron chi connectivity index (χ2n) is 3.46. The van der Waals surface area contributed by atoms with Crippen molar-refractivity contribution in [2.45, 2.75) is 6.18 Å². The molecule has 106 valence electrons. The molecule has 0 aromatic carbocycles. The summed E-state index contributed by atoms with van der Waals surface area (Å²) in [6.45, 7) is -1.60. The van der Waals surface area contributed by atoms with Crippen molar-refractivity contribution in [1.82, 2.24) is 15.3 Å². The lowest BCUT2D eigenvalue weighted by Gasteiger charge is -2.08. The normalized spacial score (nSPS) is 11.2. The van der Waals surface area contributed by atoms with Crippen LogP contribution in [-0.2, 0) is 4.74 Å². The summed E-state index contributed by atoms with van der Waals surface area (Å²) in [5, 5.41) is 5.10. The molecule has 0 fully saturated rings. The number of carbonyl (C=O) groups is 1. The van der Waals surface area contributed by atoms with E-state index in [1.54, 1.807) is 7.05 Å². The fourth-order valence-corrected chi connectivity index (χ4v) is 1.09. The lowest BCUT2D eigenvalue weighted by Crippen LogP contribution is -2.29. The van der Waals surface area contributed by atoms with E-state index in [1.807, 2.05) is 0 Å². The molecule has 0 spiro atoms. The molecule has 1 aromatic rings. The number of carbonyl (C=O) groups excluding carboxylic acids is 1. The van der Waals surface area contributed by atoms with Crippen LogP contribution < -0.4 is 10.6 Å². The van der Waals surface area contributed by atoms with Crippen molar-refractivity contribution in [3.8, 4) is 0 Å². The highest BCUT2D eigenvalue weighted by molar-refractivity contribution is 5.91. The molecule has 0 unspecified atom stereocenters. The number of halogens is 3. The van der Waals surface area contributed by atoms with Crippen LogP contribution in [-0.4, -0.2) is 48.9 Å². The van der Waals surface area contributed by atoms with Crippen LogP contribution in [0.25, 0.3) is 0 Å². The number of ether oxygens (including phenoxy) is 1. The molecule has 19 heavy (non-hydrogen) atoms. The van der Waals surface area contributed by atoms with Gasteiger partial charge in [0.15, 0.2) is 0 Å². The quantitative estimate of drug-likeness (QED) is 0.754. The third-order valence-electron chi connectivity index (χ3n) is 1.94. The summed E-state index contributed by atoms with van der Waals surface area (Å²) in [5.41, 5.74) is 0.0785. The van der Waals surface area contributed by atoms with E-state index in [4.69, 9.17) is 0 Å². The van der Waals surface area contributed by atoms with Crippen molar-refractivity contribution >= 4 is 11.7 Å². The van der Waals surface area contributed by atoms with Crippen molar-refractivity contribution in [3.63, 3.8) is 0 Å². The molecule has 6 nitrogen and oxygen atoms in total. The van der Waals surface area contributed by atoms with Crippen molar-refractivity contribution in [2.75, 3.05) is 32.1 Å². The Labute approximate surface area is 107 Å². The van der Waals surface area contributed by atoms with Crippen LogP contribution in [0.5, 0.6) is 0 Å². The van der Waals surface area contributed by atoms with Crippen LogP contribution in [0.1, 0.15) is 10.5 Å². The maximum atomic E-state index is 11.7. The molecule has 1 amide bonds. The molecule has 0 aliphatic heterocycles. The third kappa shape index (κ3) is 6.00. The predicted octanol–water partition coefficient (Wildman–Crippen LogP) is 0.827. The molecule has 9 heteroatoms. The molecule has 0 atom stereocenters. The van der Waals surface area contributed by atoms with E-state index in [0.717, 1.165) is 0 Å². The van der Waals surface area contributed by atoms with E-state index in [1.165, 1.54) is 12.4 Å². The summed E-state index contributed by atoms with van der Waals surface area (Å²) < 4.78 is 39.6. The first-order valence-electron chi connectivity index (χ1n) is 5.35. The maximum Gasteiger partial charge on any atom is 0.411 e. The van der Waals surface area contributed by atoms with Crippen molar-refractivity contribution in [1.29, 1.82) is 0 Å². The third-order valence-corrected chi connectivity index (χ3v) is 1.94. The van der Waals surface area contributed by atoms with Crippen LogP contribution in [0.15, 0.2) is 12.4 Å². The number of anilines is 1. The standard InChI is InChI=1S/C10H13F3N4O2/c1-14-8-5-16-7(4-17-8)9(18)15-2-3-19-6-10(11,12)13/h4-5H,2-3,6H2,1H3,(H,14,17)(H,15,18). The molecule has 1 heterocycles. The minimum Gasteiger partial charge on any atom is -0.372 e. The van der Waals surface area contributed by atoms with Crippen LogP contribution in [0.2, 0.25) is 0 Å². The van der Waals surface area contributed by atoms with Gasteiger partial charge in [0.25, 0.3) is 5.91 Å². The van der Waals surface area contributed by atoms with E-state index < -0.39 is 18.7 Å².